The molecule has 0 fully saturated rings. The van der Waals surface area contributed by atoms with E-state index in [4.69, 9.17) is 13.7 Å². The van der Waals surface area contributed by atoms with Gasteiger partial charge in [-0.3, -0.25) is 9.35 Å². The van der Waals surface area contributed by atoms with Crippen LogP contribution in [0.25, 0.3) is 0 Å². The van der Waals surface area contributed by atoms with Crippen LogP contribution in [0.4, 0.5) is 0 Å². The lowest BCUT2D eigenvalue weighted by Gasteiger charge is -2.29. The zero-order valence-corrected chi connectivity index (χ0v) is 13.1. The van der Waals surface area contributed by atoms with E-state index in [1.165, 1.54) is 0 Å². The summed E-state index contributed by atoms with van der Waals surface area (Å²) in [5, 5.41) is 0. The maximum absolute atomic E-state index is 11.1. The van der Waals surface area contributed by atoms with Gasteiger partial charge in [0.25, 0.3) is 10.1 Å². The molecule has 1 unspecified atom stereocenters. The van der Waals surface area contributed by atoms with Crippen molar-refractivity contribution < 1.29 is 26.9 Å². The van der Waals surface area contributed by atoms with Gasteiger partial charge < -0.3 is 9.16 Å². The molecule has 1 atom stereocenters. The Hall–Kier alpha value is -0.443. The summed E-state index contributed by atoms with van der Waals surface area (Å²) in [7, 11) is -4.41. The first-order chi connectivity index (χ1) is 8.12. The molecule has 0 heterocycles. The molecule has 0 aliphatic carbocycles. The van der Waals surface area contributed by atoms with Crippen LogP contribution in [-0.2, 0) is 24.1 Å². The Balaban J connectivity index is 4.14. The third-order valence-electron chi connectivity index (χ3n) is 3.03. The van der Waals surface area contributed by atoms with Crippen molar-refractivity contribution in [1.82, 2.24) is 0 Å². The van der Waals surface area contributed by atoms with Gasteiger partial charge in [-0.15, -0.1) is 0 Å². The Kier molecular flexibility index (Phi) is 7.04. The highest BCUT2D eigenvalue weighted by atomic mass is 32.2. The molecule has 0 spiro atoms. The molecule has 0 aliphatic rings. The molecule has 0 saturated carbocycles. The summed E-state index contributed by atoms with van der Waals surface area (Å²) in [6.45, 7) is 6.35. The fourth-order valence-electron chi connectivity index (χ4n) is 1.72. The summed E-state index contributed by atoms with van der Waals surface area (Å²) in [4.78, 5) is 11.1. The second-order valence-corrected chi connectivity index (χ2v) is 10.5. The first-order valence-corrected chi connectivity index (χ1v) is 10.4. The maximum atomic E-state index is 11.1. The van der Waals surface area contributed by atoms with Crippen molar-refractivity contribution >= 4 is 24.4 Å². The van der Waals surface area contributed by atoms with Crippen molar-refractivity contribution in [1.29, 1.82) is 0 Å². The number of ether oxygens (including phenoxy) is 1. The van der Waals surface area contributed by atoms with E-state index in [2.05, 4.69) is 13.1 Å². The minimum atomic E-state index is -4.30. The minimum absolute atomic E-state index is 0.145. The van der Waals surface area contributed by atoms with Crippen LogP contribution < -0.4 is 0 Å². The van der Waals surface area contributed by atoms with Crippen LogP contribution in [0.2, 0.25) is 18.6 Å². The Morgan fingerprint density at radius 1 is 1.39 bits per heavy atom. The molecule has 18 heavy (non-hydrogen) atoms. The van der Waals surface area contributed by atoms with Gasteiger partial charge >= 0.3 is 5.97 Å². The molecule has 0 aliphatic heterocycles. The minimum Gasteiger partial charge on any atom is -0.465 e. The second-order valence-electron chi connectivity index (χ2n) is 4.65. The van der Waals surface area contributed by atoms with Crippen LogP contribution in [0.15, 0.2) is 0 Å². The molecule has 0 amide bonds. The fraction of sp³-hybridized carbons (Fsp3) is 0.900. The first-order valence-electron chi connectivity index (χ1n) is 5.78. The van der Waals surface area contributed by atoms with Gasteiger partial charge in [-0.25, -0.2) is 0 Å². The summed E-state index contributed by atoms with van der Waals surface area (Å²) in [6.07, 6.45) is 1.56. The number of carbonyl (C=O) groups excluding carboxylic acids is 1. The van der Waals surface area contributed by atoms with Crippen LogP contribution in [-0.4, -0.2) is 46.7 Å². The topological polar surface area (TPSA) is 89.9 Å². The average Bonchev–Trinajstić information content (AvgIpc) is 2.21. The van der Waals surface area contributed by atoms with Crippen molar-refractivity contribution in [2.24, 2.45) is 0 Å². The molecule has 0 aromatic rings. The van der Waals surface area contributed by atoms with E-state index in [0.717, 1.165) is 6.42 Å². The third-order valence-corrected chi connectivity index (χ3v) is 7.35. The third kappa shape index (κ3) is 7.09. The number of rotatable bonds is 8. The van der Waals surface area contributed by atoms with Crippen molar-refractivity contribution in [2.45, 2.75) is 38.4 Å². The number of carbonyl (C=O) groups is 1. The van der Waals surface area contributed by atoms with Crippen LogP contribution in [0, 0.1) is 0 Å². The van der Waals surface area contributed by atoms with E-state index >= 15 is 0 Å². The predicted molar refractivity (Wildman–Crippen MR) is 70.5 cm³/mol. The predicted octanol–water partition coefficient (Wildman–Crippen LogP) is 1.44. The largest absolute Gasteiger partial charge is 0.465 e. The Morgan fingerprint density at radius 2 is 1.94 bits per heavy atom. The standard InChI is InChI=1S/C10H22O6SSi/c1-5-9(18(3,4)15-2)6-7-16-10(11)8-17(12,13)14/h9H,5-8H2,1-4H3,(H,12,13,14). The SMILES string of the molecule is CCC(CCOC(=O)CS(=O)(=O)O)[Si](C)(C)OC. The highest BCUT2D eigenvalue weighted by Crippen LogP contribution is 2.29. The number of hydrogen-bond acceptors (Lipinski definition) is 5. The van der Waals surface area contributed by atoms with Gasteiger partial charge in [0.2, 0.25) is 0 Å². The summed E-state index contributed by atoms with van der Waals surface area (Å²) in [5.41, 5.74) is 0.334. The molecule has 6 nitrogen and oxygen atoms in total. The van der Waals surface area contributed by atoms with E-state index in [9.17, 15) is 13.2 Å². The lowest BCUT2D eigenvalue weighted by molar-refractivity contribution is -0.140. The summed E-state index contributed by atoms with van der Waals surface area (Å²) in [6, 6.07) is 0. The van der Waals surface area contributed by atoms with Gasteiger partial charge in [0.1, 0.15) is 0 Å². The quantitative estimate of drug-likeness (QED) is 0.414. The lowest BCUT2D eigenvalue weighted by atomic mass is 10.2. The monoisotopic (exact) mass is 298 g/mol. The summed E-state index contributed by atoms with van der Waals surface area (Å²) in [5.74, 6) is -1.92. The van der Waals surface area contributed by atoms with E-state index in [-0.39, 0.29) is 6.61 Å². The van der Waals surface area contributed by atoms with E-state index in [1.807, 2.05) is 6.92 Å². The Morgan fingerprint density at radius 3 is 2.33 bits per heavy atom. The van der Waals surface area contributed by atoms with Crippen LogP contribution in [0.5, 0.6) is 0 Å². The van der Waals surface area contributed by atoms with Gasteiger partial charge in [-0.05, 0) is 25.1 Å². The van der Waals surface area contributed by atoms with Crippen LogP contribution in [0.3, 0.4) is 0 Å². The molecular weight excluding hydrogens is 276 g/mol. The molecule has 1 N–H and O–H groups in total. The zero-order chi connectivity index (χ0) is 14.4. The van der Waals surface area contributed by atoms with Gasteiger partial charge in [-0.1, -0.05) is 13.3 Å². The van der Waals surface area contributed by atoms with Gasteiger partial charge in [-0.2, -0.15) is 8.42 Å². The molecule has 8 heteroatoms. The summed E-state index contributed by atoms with van der Waals surface area (Å²) < 4.78 is 39.6. The van der Waals surface area contributed by atoms with E-state index in [0.29, 0.717) is 12.0 Å². The van der Waals surface area contributed by atoms with Crippen LogP contribution in [0.1, 0.15) is 19.8 Å². The Bertz CT molecular complexity index is 365. The van der Waals surface area contributed by atoms with Gasteiger partial charge in [0.05, 0.1) is 6.61 Å². The number of hydrogen-bond donors (Lipinski definition) is 1. The number of esters is 1. The van der Waals surface area contributed by atoms with E-state index in [1.54, 1.807) is 7.11 Å². The van der Waals surface area contributed by atoms with Gasteiger partial charge in [0, 0.05) is 7.11 Å². The first kappa shape index (κ1) is 17.6. The highest BCUT2D eigenvalue weighted by molar-refractivity contribution is 7.86. The second kappa shape index (κ2) is 7.22. The molecule has 0 saturated heterocycles. The smallest absolute Gasteiger partial charge is 0.323 e. The molecule has 0 aromatic carbocycles. The van der Waals surface area contributed by atoms with E-state index < -0.39 is 30.2 Å². The summed E-state index contributed by atoms with van der Waals surface area (Å²) >= 11 is 0. The molecular formula is C10H22O6SSi. The molecule has 0 bridgehead atoms. The zero-order valence-electron chi connectivity index (χ0n) is 11.3. The average molecular weight is 298 g/mol. The molecule has 108 valence electrons. The lowest BCUT2D eigenvalue weighted by Crippen LogP contribution is -2.35. The van der Waals surface area contributed by atoms with Crippen LogP contribution >= 0.6 is 0 Å². The maximum Gasteiger partial charge on any atom is 0.323 e. The van der Waals surface area contributed by atoms with Crippen molar-refractivity contribution in [3.8, 4) is 0 Å². The molecule has 0 radical (unpaired) electrons. The highest BCUT2D eigenvalue weighted by Gasteiger charge is 2.31. The fourth-order valence-corrected chi connectivity index (χ4v) is 4.23. The Labute approximate surface area is 110 Å². The molecule has 0 rings (SSSR count). The molecule has 0 aromatic heterocycles. The normalized spacial score (nSPS) is 14.3. The van der Waals surface area contributed by atoms with Crippen molar-refractivity contribution in [3.63, 3.8) is 0 Å². The van der Waals surface area contributed by atoms with Crippen molar-refractivity contribution in [2.75, 3.05) is 19.5 Å². The van der Waals surface area contributed by atoms with Crippen molar-refractivity contribution in [3.05, 3.63) is 0 Å². The van der Waals surface area contributed by atoms with Gasteiger partial charge in [0.15, 0.2) is 14.1 Å².